The molecule has 0 saturated carbocycles. The lowest BCUT2D eigenvalue weighted by Crippen LogP contribution is -2.40. The molecule has 0 aliphatic rings. The summed E-state index contributed by atoms with van der Waals surface area (Å²) in [7, 11) is 3.51. The van der Waals surface area contributed by atoms with Crippen molar-refractivity contribution in [1.29, 1.82) is 0 Å². The molecule has 0 saturated heterocycles. The molecule has 2 atom stereocenters. The summed E-state index contributed by atoms with van der Waals surface area (Å²) in [5, 5.41) is 6.91. The molecule has 2 N–H and O–H groups in total. The zero-order chi connectivity index (χ0) is 20.4. The van der Waals surface area contributed by atoms with E-state index in [0.717, 1.165) is 31.2 Å². The zero-order valence-electron chi connectivity index (χ0n) is 17.8. The van der Waals surface area contributed by atoms with E-state index in [0.29, 0.717) is 17.8 Å². The van der Waals surface area contributed by atoms with E-state index >= 15 is 0 Å². The Hall–Kier alpha value is -2.56. The smallest absolute Gasteiger partial charge is 0.190 e. The van der Waals surface area contributed by atoms with E-state index in [1.165, 1.54) is 11.1 Å². The first-order valence-corrected chi connectivity index (χ1v) is 10.0. The maximum Gasteiger partial charge on any atom is 0.190 e. The predicted octanol–water partition coefficient (Wildman–Crippen LogP) is 4.19. The fraction of sp³-hybridized carbons (Fsp3) is 0.478. The monoisotopic (exact) mass is 382 g/mol. The number of aliphatic imine (C=N–C) groups is 1. The molecule has 1 aromatic heterocycles. The maximum absolute atomic E-state index is 5.23. The van der Waals surface area contributed by atoms with Crippen LogP contribution in [0.1, 0.15) is 50.2 Å². The molecule has 0 amide bonds. The van der Waals surface area contributed by atoms with Crippen LogP contribution in [-0.4, -0.2) is 38.2 Å². The Morgan fingerprint density at radius 3 is 2.39 bits per heavy atom. The third-order valence-corrected chi connectivity index (χ3v) is 5.18. The number of pyridine rings is 1. The third-order valence-electron chi connectivity index (χ3n) is 5.18. The minimum atomic E-state index is 0.394. The Balaban J connectivity index is 1.81. The number of aromatic nitrogens is 1. The van der Waals surface area contributed by atoms with Gasteiger partial charge in [-0.2, -0.15) is 0 Å². The average molecular weight is 383 g/mol. The van der Waals surface area contributed by atoms with Crippen LogP contribution in [0.15, 0.2) is 53.8 Å². The summed E-state index contributed by atoms with van der Waals surface area (Å²) in [6.45, 7) is 8.43. The Morgan fingerprint density at radius 1 is 1.07 bits per heavy atom. The molecule has 5 heteroatoms. The second kappa shape index (κ2) is 11.3. The Labute approximate surface area is 169 Å². The summed E-state index contributed by atoms with van der Waals surface area (Å²) in [5.74, 6) is 3.12. The van der Waals surface area contributed by atoms with Gasteiger partial charge in [0.15, 0.2) is 5.96 Å². The molecule has 0 aliphatic heterocycles. The second-order valence-corrected chi connectivity index (χ2v) is 7.48. The number of benzene rings is 1. The summed E-state index contributed by atoms with van der Waals surface area (Å²) < 4.78 is 5.23. The van der Waals surface area contributed by atoms with Crippen molar-refractivity contribution >= 4 is 5.96 Å². The normalized spacial score (nSPS) is 13.9. The van der Waals surface area contributed by atoms with Gasteiger partial charge < -0.3 is 15.4 Å². The standard InChI is InChI=1S/C23H34N4O/c1-17(2)22(20-7-6-13-25-15-20)16-27-23(24-4)26-14-12-18(3)19-8-10-21(28-5)11-9-19/h6-11,13,15,17-18,22H,12,14,16H2,1-5H3,(H2,24,26,27). The first-order valence-electron chi connectivity index (χ1n) is 10.0. The van der Waals surface area contributed by atoms with Crippen LogP contribution in [0.25, 0.3) is 0 Å². The maximum atomic E-state index is 5.23. The van der Waals surface area contributed by atoms with Crippen molar-refractivity contribution in [3.63, 3.8) is 0 Å². The van der Waals surface area contributed by atoms with E-state index in [9.17, 15) is 0 Å². The predicted molar refractivity (Wildman–Crippen MR) is 117 cm³/mol. The highest BCUT2D eigenvalue weighted by Crippen LogP contribution is 2.23. The van der Waals surface area contributed by atoms with Crippen molar-refractivity contribution < 1.29 is 4.74 Å². The van der Waals surface area contributed by atoms with Crippen molar-refractivity contribution in [3.8, 4) is 5.75 Å². The van der Waals surface area contributed by atoms with Crippen molar-refractivity contribution in [2.75, 3.05) is 27.2 Å². The zero-order valence-corrected chi connectivity index (χ0v) is 17.8. The van der Waals surface area contributed by atoms with Gasteiger partial charge in [0.25, 0.3) is 0 Å². The van der Waals surface area contributed by atoms with E-state index in [1.54, 1.807) is 7.11 Å². The molecule has 5 nitrogen and oxygen atoms in total. The van der Waals surface area contributed by atoms with Crippen molar-refractivity contribution in [3.05, 3.63) is 59.9 Å². The average Bonchev–Trinajstić information content (AvgIpc) is 2.73. The van der Waals surface area contributed by atoms with Crippen molar-refractivity contribution in [2.45, 2.75) is 39.0 Å². The van der Waals surface area contributed by atoms with Gasteiger partial charge in [-0.15, -0.1) is 0 Å². The molecule has 0 bridgehead atoms. The number of methoxy groups -OCH3 is 1. The van der Waals surface area contributed by atoms with Gasteiger partial charge in [0.05, 0.1) is 7.11 Å². The van der Waals surface area contributed by atoms with Crippen molar-refractivity contribution in [2.24, 2.45) is 10.9 Å². The fourth-order valence-corrected chi connectivity index (χ4v) is 3.27. The lowest BCUT2D eigenvalue weighted by atomic mass is 9.89. The number of hydrogen-bond donors (Lipinski definition) is 2. The highest BCUT2D eigenvalue weighted by atomic mass is 16.5. The molecule has 0 aliphatic carbocycles. The topological polar surface area (TPSA) is 58.5 Å². The summed E-state index contributed by atoms with van der Waals surface area (Å²) >= 11 is 0. The van der Waals surface area contributed by atoms with Crippen LogP contribution in [0.5, 0.6) is 5.75 Å². The van der Waals surface area contributed by atoms with Gasteiger partial charge in [-0.3, -0.25) is 9.98 Å². The Morgan fingerprint density at radius 2 is 1.82 bits per heavy atom. The van der Waals surface area contributed by atoms with E-state index in [2.05, 4.69) is 59.6 Å². The number of guanidine groups is 1. The lowest BCUT2D eigenvalue weighted by molar-refractivity contribution is 0.414. The quantitative estimate of drug-likeness (QED) is 0.504. The molecule has 1 aromatic carbocycles. The van der Waals surface area contributed by atoms with Gasteiger partial charge in [0.1, 0.15) is 5.75 Å². The number of hydrogen-bond acceptors (Lipinski definition) is 3. The van der Waals surface area contributed by atoms with Crippen LogP contribution in [0.3, 0.4) is 0 Å². The molecule has 2 unspecified atom stereocenters. The molecule has 2 aromatic rings. The minimum Gasteiger partial charge on any atom is -0.497 e. The molecule has 1 heterocycles. The summed E-state index contributed by atoms with van der Waals surface area (Å²) in [4.78, 5) is 8.63. The second-order valence-electron chi connectivity index (χ2n) is 7.48. The van der Waals surface area contributed by atoms with Crippen LogP contribution in [0, 0.1) is 5.92 Å². The molecular weight excluding hydrogens is 348 g/mol. The van der Waals surface area contributed by atoms with Crippen LogP contribution in [0.4, 0.5) is 0 Å². The van der Waals surface area contributed by atoms with Gasteiger partial charge in [-0.05, 0) is 47.6 Å². The largest absolute Gasteiger partial charge is 0.497 e. The molecular formula is C23H34N4O. The van der Waals surface area contributed by atoms with Crippen LogP contribution < -0.4 is 15.4 Å². The lowest BCUT2D eigenvalue weighted by Gasteiger charge is -2.23. The Bertz CT molecular complexity index is 713. The van der Waals surface area contributed by atoms with E-state index in [4.69, 9.17) is 4.74 Å². The number of nitrogens with one attached hydrogen (secondary N) is 2. The molecule has 0 radical (unpaired) electrons. The van der Waals surface area contributed by atoms with Gasteiger partial charge in [0, 0.05) is 38.4 Å². The number of ether oxygens (including phenoxy) is 1. The van der Waals surface area contributed by atoms with E-state index < -0.39 is 0 Å². The summed E-state index contributed by atoms with van der Waals surface area (Å²) in [5.41, 5.74) is 2.58. The van der Waals surface area contributed by atoms with Gasteiger partial charge in [-0.25, -0.2) is 0 Å². The Kier molecular flexibility index (Phi) is 8.79. The van der Waals surface area contributed by atoms with Gasteiger partial charge in [0.2, 0.25) is 0 Å². The first kappa shape index (κ1) is 21.7. The van der Waals surface area contributed by atoms with Crippen LogP contribution in [-0.2, 0) is 0 Å². The van der Waals surface area contributed by atoms with E-state index in [-0.39, 0.29) is 0 Å². The van der Waals surface area contributed by atoms with Crippen LogP contribution in [0.2, 0.25) is 0 Å². The molecule has 28 heavy (non-hydrogen) atoms. The van der Waals surface area contributed by atoms with Gasteiger partial charge >= 0.3 is 0 Å². The fourth-order valence-electron chi connectivity index (χ4n) is 3.27. The van der Waals surface area contributed by atoms with Crippen molar-refractivity contribution in [1.82, 2.24) is 15.6 Å². The van der Waals surface area contributed by atoms with Gasteiger partial charge in [-0.1, -0.05) is 39.0 Å². The van der Waals surface area contributed by atoms with E-state index in [1.807, 2.05) is 37.6 Å². The number of rotatable bonds is 9. The molecule has 0 fully saturated rings. The summed E-state index contributed by atoms with van der Waals surface area (Å²) in [6.07, 6.45) is 4.81. The highest BCUT2D eigenvalue weighted by molar-refractivity contribution is 5.79. The third kappa shape index (κ3) is 6.55. The van der Waals surface area contributed by atoms with Crippen LogP contribution >= 0.6 is 0 Å². The minimum absolute atomic E-state index is 0.394. The SMILES string of the molecule is CN=C(NCCC(C)c1ccc(OC)cc1)NCC(c1cccnc1)C(C)C. The summed E-state index contributed by atoms with van der Waals surface area (Å²) in [6, 6.07) is 12.5. The molecule has 0 spiro atoms. The first-order chi connectivity index (χ1) is 13.5. The number of nitrogens with zero attached hydrogens (tertiary/aromatic N) is 2. The highest BCUT2D eigenvalue weighted by Gasteiger charge is 2.16. The molecule has 2 rings (SSSR count). The molecule has 152 valence electrons.